The third kappa shape index (κ3) is 3.59. The Balaban J connectivity index is 1.73. The summed E-state index contributed by atoms with van der Waals surface area (Å²) < 4.78 is 11.8. The fourth-order valence-electron chi connectivity index (χ4n) is 3.29. The van der Waals surface area contributed by atoms with Gasteiger partial charge in [0.2, 0.25) is 0 Å². The number of hydrogen-bond acceptors (Lipinski definition) is 6. The molecule has 0 aliphatic carbocycles. The fourth-order valence-corrected chi connectivity index (χ4v) is 4.20. The number of ether oxygens (including phenoxy) is 2. The molecule has 0 amide bonds. The van der Waals surface area contributed by atoms with Gasteiger partial charge in [0.15, 0.2) is 5.78 Å². The van der Waals surface area contributed by atoms with Crippen LogP contribution in [0.1, 0.15) is 15.9 Å². The summed E-state index contributed by atoms with van der Waals surface area (Å²) in [5.74, 6) is 0.742. The maximum Gasteiger partial charge on any atom is 0.263 e. The molecule has 7 heteroatoms. The fraction of sp³-hybridized carbons (Fsp3) is 0.174. The van der Waals surface area contributed by atoms with Gasteiger partial charge in [-0.15, -0.1) is 11.3 Å². The number of methoxy groups -OCH3 is 2. The van der Waals surface area contributed by atoms with Crippen LogP contribution in [0.15, 0.2) is 59.0 Å². The van der Waals surface area contributed by atoms with Crippen molar-refractivity contribution < 1.29 is 14.3 Å². The van der Waals surface area contributed by atoms with Crippen LogP contribution in [0.5, 0.6) is 11.5 Å². The van der Waals surface area contributed by atoms with Crippen molar-refractivity contribution in [1.82, 2.24) is 9.55 Å². The number of ketones is 1. The van der Waals surface area contributed by atoms with Crippen molar-refractivity contribution >= 4 is 27.3 Å². The van der Waals surface area contributed by atoms with Crippen molar-refractivity contribution in [3.8, 4) is 22.6 Å². The highest BCUT2D eigenvalue weighted by Gasteiger charge is 2.18. The zero-order valence-corrected chi connectivity index (χ0v) is 17.7. The summed E-state index contributed by atoms with van der Waals surface area (Å²) in [6.45, 7) is 1.89. The first-order valence-corrected chi connectivity index (χ1v) is 10.2. The topological polar surface area (TPSA) is 70.4 Å². The van der Waals surface area contributed by atoms with E-state index in [1.165, 1.54) is 29.3 Å². The summed E-state index contributed by atoms with van der Waals surface area (Å²) >= 11 is 1.42. The van der Waals surface area contributed by atoms with E-state index in [2.05, 4.69) is 4.98 Å². The predicted octanol–water partition coefficient (Wildman–Crippen LogP) is 4.33. The molecule has 0 bridgehead atoms. The molecule has 0 saturated carbocycles. The molecule has 0 spiro atoms. The molecule has 0 unspecified atom stereocenters. The lowest BCUT2D eigenvalue weighted by Gasteiger charge is -2.11. The van der Waals surface area contributed by atoms with E-state index in [1.807, 2.05) is 36.6 Å². The van der Waals surface area contributed by atoms with Gasteiger partial charge >= 0.3 is 0 Å². The summed E-state index contributed by atoms with van der Waals surface area (Å²) in [7, 11) is 3.04. The molecule has 2 aromatic heterocycles. The smallest absolute Gasteiger partial charge is 0.263 e. The second kappa shape index (κ2) is 8.12. The van der Waals surface area contributed by atoms with E-state index in [0.29, 0.717) is 27.3 Å². The largest absolute Gasteiger partial charge is 0.497 e. The van der Waals surface area contributed by atoms with Gasteiger partial charge in [-0.3, -0.25) is 14.2 Å². The van der Waals surface area contributed by atoms with Gasteiger partial charge < -0.3 is 9.47 Å². The van der Waals surface area contributed by atoms with Crippen LogP contribution in [0.3, 0.4) is 0 Å². The summed E-state index contributed by atoms with van der Waals surface area (Å²) in [6.07, 6.45) is 1.42. The number of nitrogens with zero attached hydrogens (tertiary/aromatic N) is 2. The summed E-state index contributed by atoms with van der Waals surface area (Å²) in [6, 6.07) is 13.0. The first-order chi connectivity index (χ1) is 14.5. The number of thiophene rings is 1. The average molecular weight is 420 g/mol. The van der Waals surface area contributed by atoms with Crippen LogP contribution in [0.25, 0.3) is 21.3 Å². The van der Waals surface area contributed by atoms with E-state index < -0.39 is 0 Å². The number of carbonyl (C=O) groups is 1. The van der Waals surface area contributed by atoms with E-state index in [9.17, 15) is 9.59 Å². The Morgan fingerprint density at radius 3 is 2.57 bits per heavy atom. The molecule has 0 radical (unpaired) electrons. The van der Waals surface area contributed by atoms with Gasteiger partial charge in [-0.25, -0.2) is 4.98 Å². The minimum atomic E-state index is -0.245. The van der Waals surface area contributed by atoms with Crippen LogP contribution in [0, 0.1) is 6.92 Å². The third-order valence-corrected chi connectivity index (χ3v) is 5.83. The normalized spacial score (nSPS) is 10.9. The molecular formula is C23H20N2O4S. The number of carbonyl (C=O) groups excluding carboxylic acids is 1. The number of benzene rings is 2. The summed E-state index contributed by atoms with van der Waals surface area (Å²) in [5, 5.41) is 2.46. The zero-order chi connectivity index (χ0) is 21.3. The number of aryl methyl sites for hydroxylation is 1. The second-order valence-electron chi connectivity index (χ2n) is 6.86. The van der Waals surface area contributed by atoms with Crippen LogP contribution in [-0.4, -0.2) is 29.6 Å². The van der Waals surface area contributed by atoms with Crippen LogP contribution >= 0.6 is 11.3 Å². The lowest BCUT2D eigenvalue weighted by atomic mass is 10.0. The Bertz CT molecular complexity index is 1290. The number of fused-ring (bicyclic) bond motifs is 1. The van der Waals surface area contributed by atoms with Gasteiger partial charge in [-0.2, -0.15) is 0 Å². The van der Waals surface area contributed by atoms with Gasteiger partial charge in [0.05, 0.1) is 38.0 Å². The molecule has 2 aromatic carbocycles. The lowest BCUT2D eigenvalue weighted by Crippen LogP contribution is -2.24. The standard InChI is InChI=1S/C23H20N2O4S/c1-14-4-6-15(7-5-14)18-12-30-22-21(18)23(27)25(13-24-22)11-19(26)17-9-8-16(28-2)10-20(17)29-3/h4-10,12-13H,11H2,1-3H3. The molecule has 0 fully saturated rings. The lowest BCUT2D eigenvalue weighted by molar-refractivity contribution is 0.0967. The molecule has 30 heavy (non-hydrogen) atoms. The Morgan fingerprint density at radius 2 is 1.87 bits per heavy atom. The molecule has 0 aliphatic rings. The second-order valence-corrected chi connectivity index (χ2v) is 7.72. The molecule has 2 heterocycles. The highest BCUT2D eigenvalue weighted by molar-refractivity contribution is 7.17. The Labute approximate surface area is 177 Å². The Morgan fingerprint density at radius 1 is 1.10 bits per heavy atom. The predicted molar refractivity (Wildman–Crippen MR) is 118 cm³/mol. The van der Waals surface area contributed by atoms with Crippen LogP contribution < -0.4 is 15.0 Å². The van der Waals surface area contributed by atoms with E-state index in [0.717, 1.165) is 16.7 Å². The van der Waals surface area contributed by atoms with Gasteiger partial charge in [0.25, 0.3) is 5.56 Å². The first-order valence-electron chi connectivity index (χ1n) is 9.30. The maximum absolute atomic E-state index is 13.2. The SMILES string of the molecule is COc1ccc(C(=O)Cn2cnc3scc(-c4ccc(C)cc4)c3c2=O)c(OC)c1. The number of Topliss-reactive ketones (excluding diaryl/α,β-unsaturated/α-hetero) is 1. The van der Waals surface area contributed by atoms with Crippen LogP contribution in [-0.2, 0) is 6.54 Å². The summed E-state index contributed by atoms with van der Waals surface area (Å²) in [5.41, 5.74) is 3.07. The molecule has 0 N–H and O–H groups in total. The van der Waals surface area contributed by atoms with E-state index in [-0.39, 0.29) is 17.9 Å². The molecular weight excluding hydrogens is 400 g/mol. The monoisotopic (exact) mass is 420 g/mol. The van der Waals surface area contributed by atoms with Crippen molar-refractivity contribution in [2.24, 2.45) is 0 Å². The van der Waals surface area contributed by atoms with Crippen molar-refractivity contribution in [1.29, 1.82) is 0 Å². The number of rotatable bonds is 6. The van der Waals surface area contributed by atoms with Gasteiger partial charge in [0.1, 0.15) is 16.3 Å². The first kappa shape index (κ1) is 19.8. The molecule has 0 aliphatic heterocycles. The Hall–Kier alpha value is -3.45. The minimum Gasteiger partial charge on any atom is -0.497 e. The highest BCUT2D eigenvalue weighted by atomic mass is 32.1. The zero-order valence-electron chi connectivity index (χ0n) is 16.8. The average Bonchev–Trinajstić information content (AvgIpc) is 3.20. The molecule has 152 valence electrons. The van der Waals surface area contributed by atoms with Crippen molar-refractivity contribution in [3.05, 3.63) is 75.7 Å². The van der Waals surface area contributed by atoms with Gasteiger partial charge in [-0.05, 0) is 24.6 Å². The van der Waals surface area contributed by atoms with Gasteiger partial charge in [0, 0.05) is 17.0 Å². The van der Waals surface area contributed by atoms with Crippen molar-refractivity contribution in [3.63, 3.8) is 0 Å². The van der Waals surface area contributed by atoms with Gasteiger partial charge in [-0.1, -0.05) is 29.8 Å². The molecule has 4 aromatic rings. The molecule has 0 atom stereocenters. The number of hydrogen-bond donors (Lipinski definition) is 0. The third-order valence-electron chi connectivity index (χ3n) is 4.95. The molecule has 0 saturated heterocycles. The highest BCUT2D eigenvalue weighted by Crippen LogP contribution is 2.31. The molecule has 4 rings (SSSR count). The van der Waals surface area contributed by atoms with Crippen molar-refractivity contribution in [2.45, 2.75) is 13.5 Å². The van der Waals surface area contributed by atoms with E-state index in [1.54, 1.807) is 25.3 Å². The minimum absolute atomic E-state index is 0.131. The van der Waals surface area contributed by atoms with E-state index in [4.69, 9.17) is 9.47 Å². The van der Waals surface area contributed by atoms with Crippen LogP contribution in [0.2, 0.25) is 0 Å². The summed E-state index contributed by atoms with van der Waals surface area (Å²) in [4.78, 5) is 31.2. The molecule has 6 nitrogen and oxygen atoms in total. The number of aromatic nitrogens is 2. The van der Waals surface area contributed by atoms with E-state index >= 15 is 0 Å². The quantitative estimate of drug-likeness (QED) is 0.434. The van der Waals surface area contributed by atoms with Crippen molar-refractivity contribution in [2.75, 3.05) is 14.2 Å². The Kier molecular flexibility index (Phi) is 5.37. The van der Waals surface area contributed by atoms with Crippen LogP contribution in [0.4, 0.5) is 0 Å². The maximum atomic E-state index is 13.2.